The Kier molecular flexibility index (Phi) is 2.87. The van der Waals surface area contributed by atoms with Crippen molar-refractivity contribution in [2.45, 2.75) is 9.73 Å². The molecule has 0 saturated heterocycles. The maximum absolute atomic E-state index is 10.5. The van der Waals surface area contributed by atoms with Gasteiger partial charge in [0.1, 0.15) is 14.9 Å². The molecule has 2 aliphatic heterocycles. The molecule has 1 unspecified atom stereocenters. The van der Waals surface area contributed by atoms with Crippen LogP contribution in [-0.2, 0) is 0 Å². The fourth-order valence-corrected chi connectivity index (χ4v) is 5.18. The molecule has 4 rings (SSSR count). The highest BCUT2D eigenvalue weighted by atomic mass is 35.5. The minimum Gasteiger partial charge on any atom is -0.494 e. The Morgan fingerprint density at radius 1 is 1.10 bits per heavy atom. The van der Waals surface area contributed by atoms with Gasteiger partial charge in [-0.15, -0.1) is 0 Å². The van der Waals surface area contributed by atoms with Crippen molar-refractivity contribution in [2.75, 3.05) is 4.90 Å². The molecule has 0 bridgehead atoms. The van der Waals surface area contributed by atoms with Crippen molar-refractivity contribution in [3.8, 4) is 0 Å². The molecule has 0 amide bonds. The van der Waals surface area contributed by atoms with Gasteiger partial charge in [0.05, 0.1) is 10.6 Å². The number of benzene rings is 1. The van der Waals surface area contributed by atoms with Crippen LogP contribution in [0.25, 0.3) is 4.91 Å². The van der Waals surface area contributed by atoms with Gasteiger partial charge < -0.3 is 5.11 Å². The zero-order valence-corrected chi connectivity index (χ0v) is 12.5. The van der Waals surface area contributed by atoms with E-state index in [2.05, 4.69) is 4.98 Å². The fourth-order valence-electron chi connectivity index (χ4n) is 2.28. The lowest BCUT2D eigenvalue weighted by Crippen LogP contribution is -2.20. The van der Waals surface area contributed by atoms with E-state index in [1.54, 1.807) is 29.6 Å². The topological polar surface area (TPSA) is 36.4 Å². The van der Waals surface area contributed by atoms with Gasteiger partial charge in [-0.2, -0.15) is 0 Å². The van der Waals surface area contributed by atoms with Gasteiger partial charge in [0, 0.05) is 0 Å². The number of pyridine rings is 1. The number of anilines is 1. The highest BCUT2D eigenvalue weighted by Crippen LogP contribution is 2.57. The van der Waals surface area contributed by atoms with Crippen molar-refractivity contribution >= 4 is 45.7 Å². The maximum atomic E-state index is 10.5. The maximum Gasteiger partial charge on any atom is 0.207 e. The number of aliphatic hydroxyl groups is 1. The fraction of sp³-hybridized carbons (Fsp3) is 0.0714. The normalized spacial score (nSPS) is 20.2. The number of aromatic nitrogens is 1. The van der Waals surface area contributed by atoms with E-state index < -0.39 is 0 Å². The van der Waals surface area contributed by atoms with Gasteiger partial charge in [-0.1, -0.05) is 65.5 Å². The number of thioether (sulfide) groups is 2. The smallest absolute Gasteiger partial charge is 0.207 e. The van der Waals surface area contributed by atoms with Crippen molar-refractivity contribution in [1.82, 2.24) is 4.98 Å². The number of nitrogens with zero attached hydrogens (tertiary/aromatic N) is 2. The molecule has 20 heavy (non-hydrogen) atoms. The second kappa shape index (κ2) is 4.62. The molecule has 2 aromatic rings. The van der Waals surface area contributed by atoms with E-state index in [4.69, 9.17) is 11.6 Å². The van der Waals surface area contributed by atoms with Crippen LogP contribution in [0.3, 0.4) is 0 Å². The van der Waals surface area contributed by atoms with Crippen LogP contribution < -0.4 is 4.90 Å². The van der Waals surface area contributed by atoms with E-state index in [1.165, 1.54) is 0 Å². The molecule has 100 valence electrons. The molecule has 0 fully saturated rings. The summed E-state index contributed by atoms with van der Waals surface area (Å²) in [5.41, 5.74) is 1.95. The molecule has 1 atom stereocenters. The van der Waals surface area contributed by atoms with Crippen LogP contribution in [0.4, 0.5) is 5.69 Å². The van der Waals surface area contributed by atoms with Gasteiger partial charge in [-0.05, 0) is 17.7 Å². The molecule has 0 radical (unpaired) electrons. The average molecular weight is 321 g/mol. The van der Waals surface area contributed by atoms with Crippen LogP contribution in [-0.4, -0.2) is 14.8 Å². The van der Waals surface area contributed by atoms with Crippen LogP contribution >= 0.6 is 35.1 Å². The van der Waals surface area contributed by atoms with Crippen molar-refractivity contribution in [3.05, 3.63) is 59.1 Å². The van der Waals surface area contributed by atoms with E-state index in [0.29, 0.717) is 11.0 Å². The van der Waals surface area contributed by atoms with Crippen molar-refractivity contribution in [1.29, 1.82) is 0 Å². The zero-order chi connectivity index (χ0) is 13.7. The van der Waals surface area contributed by atoms with Crippen molar-refractivity contribution < 1.29 is 5.11 Å². The van der Waals surface area contributed by atoms with Crippen molar-refractivity contribution in [3.63, 3.8) is 0 Å². The Morgan fingerprint density at radius 3 is 2.70 bits per heavy atom. The monoisotopic (exact) mass is 320 g/mol. The molecule has 3 nitrogen and oxygen atoms in total. The van der Waals surface area contributed by atoms with E-state index in [0.717, 1.165) is 21.2 Å². The summed E-state index contributed by atoms with van der Waals surface area (Å²) in [6.07, 6.45) is 0. The summed E-state index contributed by atoms with van der Waals surface area (Å²) in [7, 11) is 0. The molecule has 1 aromatic heterocycles. The first-order valence-corrected chi connectivity index (χ1v) is 8.15. The first-order chi connectivity index (χ1) is 9.74. The van der Waals surface area contributed by atoms with Crippen LogP contribution in [0.1, 0.15) is 5.56 Å². The summed E-state index contributed by atoms with van der Waals surface area (Å²) in [5.74, 6) is 0.293. The summed E-state index contributed by atoms with van der Waals surface area (Å²) in [5, 5.41) is 11.9. The third-order valence-corrected chi connectivity index (χ3v) is 5.97. The Balaban J connectivity index is 1.79. The molecular weight excluding hydrogens is 312 g/mol. The Labute approximate surface area is 129 Å². The summed E-state index contributed by atoms with van der Waals surface area (Å²) >= 11 is 9.17. The summed E-state index contributed by atoms with van der Waals surface area (Å²) in [6, 6.07) is 13.6. The minimum atomic E-state index is 0.0890. The second-order valence-electron chi connectivity index (χ2n) is 4.39. The number of rotatable bonds is 1. The first kappa shape index (κ1) is 12.4. The zero-order valence-electron chi connectivity index (χ0n) is 10.2. The van der Waals surface area contributed by atoms with E-state index in [1.807, 2.05) is 41.3 Å². The number of halogens is 1. The summed E-state index contributed by atoms with van der Waals surface area (Å²) < 4.78 is 0.0890. The SMILES string of the molecule is OC1=C(c2ccccc2)SC2Sc3nc(Cl)ccc3N12. The average Bonchev–Trinajstić information content (AvgIpc) is 2.96. The molecule has 0 saturated carbocycles. The Bertz CT molecular complexity index is 720. The predicted octanol–water partition coefficient (Wildman–Crippen LogP) is 4.56. The molecular formula is C14H9ClN2OS2. The standard InChI is InChI=1S/C14H9ClN2OS2/c15-10-7-6-9-12(16-10)20-14-17(9)13(18)11(19-14)8-4-2-1-3-5-8/h1-7,14,18H. The molecule has 1 aromatic carbocycles. The van der Waals surface area contributed by atoms with E-state index in [-0.39, 0.29) is 4.71 Å². The van der Waals surface area contributed by atoms with Gasteiger partial charge in [0.15, 0.2) is 0 Å². The van der Waals surface area contributed by atoms with Crippen LogP contribution in [0.15, 0.2) is 53.4 Å². The van der Waals surface area contributed by atoms with E-state index in [9.17, 15) is 5.11 Å². The second-order valence-corrected chi connectivity index (χ2v) is 7.23. The Hall–Kier alpha value is -1.30. The molecule has 0 spiro atoms. The molecule has 2 aliphatic rings. The number of aliphatic hydroxyl groups excluding tert-OH is 1. The molecule has 6 heteroatoms. The highest BCUT2D eigenvalue weighted by Gasteiger charge is 2.42. The van der Waals surface area contributed by atoms with Gasteiger partial charge in [0.2, 0.25) is 5.88 Å². The highest BCUT2D eigenvalue weighted by molar-refractivity contribution is 8.22. The predicted molar refractivity (Wildman–Crippen MR) is 85.0 cm³/mol. The number of fused-ring (bicyclic) bond motifs is 3. The van der Waals surface area contributed by atoms with Gasteiger partial charge >= 0.3 is 0 Å². The van der Waals surface area contributed by atoms with Gasteiger partial charge in [-0.25, -0.2) is 4.98 Å². The molecule has 0 aliphatic carbocycles. The third kappa shape index (κ3) is 1.81. The summed E-state index contributed by atoms with van der Waals surface area (Å²) in [6.45, 7) is 0. The quantitative estimate of drug-likeness (QED) is 0.779. The molecule has 1 N–H and O–H groups in total. The van der Waals surface area contributed by atoms with Crippen LogP contribution in [0, 0.1) is 0 Å². The summed E-state index contributed by atoms with van der Waals surface area (Å²) in [4.78, 5) is 7.13. The third-order valence-electron chi connectivity index (χ3n) is 3.17. The lowest BCUT2D eigenvalue weighted by Gasteiger charge is -2.16. The van der Waals surface area contributed by atoms with Gasteiger partial charge in [-0.3, -0.25) is 4.90 Å². The van der Waals surface area contributed by atoms with Crippen LogP contribution in [0.5, 0.6) is 0 Å². The van der Waals surface area contributed by atoms with Gasteiger partial charge in [0.25, 0.3) is 0 Å². The minimum absolute atomic E-state index is 0.0890. The van der Waals surface area contributed by atoms with Crippen LogP contribution in [0.2, 0.25) is 5.15 Å². The molecule has 3 heterocycles. The largest absolute Gasteiger partial charge is 0.494 e. The lowest BCUT2D eigenvalue weighted by atomic mass is 10.2. The number of hydrogen-bond acceptors (Lipinski definition) is 5. The van der Waals surface area contributed by atoms with E-state index >= 15 is 0 Å². The Morgan fingerprint density at radius 2 is 1.90 bits per heavy atom. The first-order valence-electron chi connectivity index (χ1n) is 6.02. The van der Waals surface area contributed by atoms with Crippen molar-refractivity contribution in [2.24, 2.45) is 0 Å². The lowest BCUT2D eigenvalue weighted by molar-refractivity contribution is 0.401. The number of hydrogen-bond donors (Lipinski definition) is 1.